The summed E-state index contributed by atoms with van der Waals surface area (Å²) in [6, 6.07) is 15.1. The second-order valence-electron chi connectivity index (χ2n) is 12.7. The smallest absolute Gasteiger partial charge is 0.262 e. The molecule has 4 N–H and O–H groups in total. The quantitative estimate of drug-likeness (QED) is 0.145. The number of aromatic nitrogens is 4. The van der Waals surface area contributed by atoms with Crippen molar-refractivity contribution in [1.82, 2.24) is 40.6 Å². The summed E-state index contributed by atoms with van der Waals surface area (Å²) in [7, 11) is 1.58. The number of halogens is 2. The van der Waals surface area contributed by atoms with Crippen LogP contribution in [0.3, 0.4) is 0 Å². The Kier molecular flexibility index (Phi) is 10.3. The van der Waals surface area contributed by atoms with Crippen molar-refractivity contribution in [1.29, 1.82) is 0 Å². The molecule has 12 nitrogen and oxygen atoms in total. The maximum absolute atomic E-state index is 13.2. The zero-order chi connectivity index (χ0) is 35.5. The van der Waals surface area contributed by atoms with Crippen LogP contribution in [-0.2, 0) is 22.7 Å². The fourth-order valence-corrected chi connectivity index (χ4v) is 7.17. The van der Waals surface area contributed by atoms with E-state index in [0.717, 1.165) is 18.4 Å². The van der Waals surface area contributed by atoms with Crippen LogP contribution in [0.1, 0.15) is 36.8 Å². The largest absolute Gasteiger partial charge is 0.481 e. The lowest BCUT2D eigenvalue weighted by Crippen LogP contribution is -2.36. The second kappa shape index (κ2) is 15.2. The molecule has 5 aromatic rings. The molecular formula is C37H36Cl2N8O4. The first kappa shape index (κ1) is 34.6. The number of nitrogens with zero attached hydrogens (tertiary/aromatic N) is 4. The number of rotatable bonds is 12. The van der Waals surface area contributed by atoms with Crippen molar-refractivity contribution in [3.63, 3.8) is 0 Å². The average Bonchev–Trinajstić information content (AvgIpc) is 3.76. The van der Waals surface area contributed by atoms with Crippen LogP contribution in [0.25, 0.3) is 39.3 Å². The Morgan fingerprint density at radius 2 is 1.53 bits per heavy atom. The molecule has 14 heteroatoms. The van der Waals surface area contributed by atoms with Crippen molar-refractivity contribution in [2.75, 3.05) is 20.2 Å². The van der Waals surface area contributed by atoms with Gasteiger partial charge in [-0.05, 0) is 37.1 Å². The number of hydrogen-bond acceptors (Lipinski definition) is 9. The number of benzene rings is 1. The Morgan fingerprint density at radius 1 is 0.843 bits per heavy atom. The van der Waals surface area contributed by atoms with Gasteiger partial charge in [0.05, 0.1) is 28.5 Å². The monoisotopic (exact) mass is 726 g/mol. The van der Waals surface area contributed by atoms with Crippen LogP contribution < -0.4 is 31.6 Å². The van der Waals surface area contributed by atoms with Gasteiger partial charge in [-0.3, -0.25) is 23.8 Å². The average molecular weight is 728 g/mol. The fraction of sp³-hybridized carbons (Fsp3) is 0.297. The molecule has 2 aliphatic heterocycles. The van der Waals surface area contributed by atoms with Gasteiger partial charge in [0, 0.05) is 103 Å². The molecule has 0 bridgehead atoms. The number of amides is 2. The summed E-state index contributed by atoms with van der Waals surface area (Å²) in [6.07, 6.45) is 7.61. The van der Waals surface area contributed by atoms with Crippen LogP contribution in [0.2, 0.25) is 10.0 Å². The number of methoxy groups -OCH3 is 1. The van der Waals surface area contributed by atoms with Crippen molar-refractivity contribution in [2.24, 2.45) is 0 Å². The van der Waals surface area contributed by atoms with Crippen molar-refractivity contribution in [2.45, 2.75) is 50.9 Å². The molecule has 0 spiro atoms. The van der Waals surface area contributed by atoms with E-state index in [2.05, 4.69) is 31.2 Å². The summed E-state index contributed by atoms with van der Waals surface area (Å²) >= 11 is 14.1. The summed E-state index contributed by atoms with van der Waals surface area (Å²) in [5.74, 6) is 0.623. The Labute approximate surface area is 304 Å². The molecule has 2 aliphatic rings. The highest BCUT2D eigenvalue weighted by molar-refractivity contribution is 6.39. The van der Waals surface area contributed by atoms with E-state index >= 15 is 0 Å². The van der Waals surface area contributed by atoms with Gasteiger partial charge >= 0.3 is 0 Å². The highest BCUT2D eigenvalue weighted by Crippen LogP contribution is 2.41. The zero-order valence-corrected chi connectivity index (χ0v) is 29.4. The van der Waals surface area contributed by atoms with E-state index < -0.39 is 0 Å². The van der Waals surface area contributed by atoms with Gasteiger partial charge in [-0.2, -0.15) is 0 Å². The van der Waals surface area contributed by atoms with E-state index in [-0.39, 0.29) is 29.5 Å². The van der Waals surface area contributed by atoms with Crippen LogP contribution >= 0.6 is 23.2 Å². The lowest BCUT2D eigenvalue weighted by atomic mass is 9.99. The van der Waals surface area contributed by atoms with E-state index in [4.69, 9.17) is 32.9 Å². The third-order valence-electron chi connectivity index (χ3n) is 9.22. The van der Waals surface area contributed by atoms with Gasteiger partial charge in [0.15, 0.2) is 0 Å². The molecule has 0 unspecified atom stereocenters. The molecule has 7 rings (SSSR count). The van der Waals surface area contributed by atoms with Gasteiger partial charge < -0.3 is 26.0 Å². The van der Waals surface area contributed by atoms with Gasteiger partial charge in [-0.25, -0.2) is 9.97 Å². The van der Waals surface area contributed by atoms with Crippen molar-refractivity contribution in [3.05, 3.63) is 98.6 Å². The van der Waals surface area contributed by atoms with E-state index in [0.29, 0.717) is 99.8 Å². The van der Waals surface area contributed by atoms with Gasteiger partial charge in [0.25, 0.3) is 5.56 Å². The fourth-order valence-electron chi connectivity index (χ4n) is 6.53. The van der Waals surface area contributed by atoms with Gasteiger partial charge in [-0.1, -0.05) is 47.5 Å². The zero-order valence-electron chi connectivity index (χ0n) is 27.8. The van der Waals surface area contributed by atoms with Crippen LogP contribution in [0.4, 0.5) is 0 Å². The summed E-state index contributed by atoms with van der Waals surface area (Å²) in [6.45, 7) is 2.12. The minimum Gasteiger partial charge on any atom is -0.481 e. The van der Waals surface area contributed by atoms with E-state index in [9.17, 15) is 14.4 Å². The lowest BCUT2D eigenvalue weighted by molar-refractivity contribution is -0.120. The van der Waals surface area contributed by atoms with E-state index in [1.807, 2.05) is 36.4 Å². The normalized spacial score (nSPS) is 17.2. The van der Waals surface area contributed by atoms with Crippen LogP contribution in [0, 0.1) is 0 Å². The first-order chi connectivity index (χ1) is 24.8. The molecule has 1 aromatic carbocycles. The first-order valence-electron chi connectivity index (χ1n) is 16.8. The number of pyridine rings is 3. The Bertz CT molecular complexity index is 2190. The molecule has 4 aromatic heterocycles. The predicted molar refractivity (Wildman–Crippen MR) is 196 cm³/mol. The molecule has 51 heavy (non-hydrogen) atoms. The molecule has 0 aliphatic carbocycles. The number of carbonyl (C=O) groups is 2. The highest BCUT2D eigenvalue weighted by atomic mass is 35.5. The molecule has 2 atom stereocenters. The first-order valence-corrected chi connectivity index (χ1v) is 17.5. The maximum Gasteiger partial charge on any atom is 0.262 e. The molecule has 6 heterocycles. The molecule has 0 saturated carbocycles. The highest BCUT2D eigenvalue weighted by Gasteiger charge is 2.22. The molecule has 2 saturated heterocycles. The Hall–Kier alpha value is -4.88. The van der Waals surface area contributed by atoms with Gasteiger partial charge in [-0.15, -0.1) is 0 Å². The van der Waals surface area contributed by atoms with Crippen LogP contribution in [0.15, 0.2) is 71.9 Å². The number of fused-ring (bicyclic) bond motifs is 1. The summed E-state index contributed by atoms with van der Waals surface area (Å²) in [4.78, 5) is 50.1. The predicted octanol–water partition coefficient (Wildman–Crippen LogP) is 4.54. The number of nitrogens with one attached hydrogen (secondary N) is 4. The molecular weight excluding hydrogens is 691 g/mol. The van der Waals surface area contributed by atoms with Gasteiger partial charge in [0.1, 0.15) is 5.65 Å². The Morgan fingerprint density at radius 3 is 2.22 bits per heavy atom. The van der Waals surface area contributed by atoms with Crippen molar-refractivity contribution >= 4 is 40.7 Å². The minimum atomic E-state index is -0.181. The molecule has 2 amide bonds. The summed E-state index contributed by atoms with van der Waals surface area (Å²) in [5, 5.41) is 13.4. The summed E-state index contributed by atoms with van der Waals surface area (Å²) in [5.41, 5.74) is 5.63. The molecule has 0 radical (unpaired) electrons. The number of ether oxygens (including phenoxy) is 1. The topological polar surface area (TPSA) is 152 Å². The third kappa shape index (κ3) is 7.45. The van der Waals surface area contributed by atoms with E-state index in [1.165, 1.54) is 4.40 Å². The number of carbonyl (C=O) groups excluding carboxylic acids is 2. The van der Waals surface area contributed by atoms with Crippen LogP contribution in [0.5, 0.6) is 5.88 Å². The lowest BCUT2D eigenvalue weighted by Gasteiger charge is -2.15. The standard InChI is InChI=1S/C37H36Cl2N8O4/c1-51-36-22(16-40-19-24-6-9-31(48)44-24)5-8-29(46-36)28-4-2-3-26(33(28)38)27-11-13-42-35(34(27)39)21-12-14-47-30(15-21)43-18-23(37(47)50)17-41-20-25-7-10-32(49)45-25/h2-5,8,11-15,18,24-25,40-41H,6-7,9-10,16-17,19-20H2,1H3,(H,44,48)(H,45,49)/t24-,25-/m0/s1. The Balaban J connectivity index is 1.10. The SMILES string of the molecule is COc1nc(-c2cccc(-c3ccnc(-c4ccn5c(=O)c(CNC[C@@H]6CCC(=O)N6)cnc5c4)c3Cl)c2Cl)ccc1CNC[C@@H]1CCC(=O)N1. The van der Waals surface area contributed by atoms with Gasteiger partial charge in [0.2, 0.25) is 17.7 Å². The molecule has 2 fully saturated rings. The van der Waals surface area contributed by atoms with E-state index in [1.54, 1.807) is 37.8 Å². The van der Waals surface area contributed by atoms with Crippen molar-refractivity contribution < 1.29 is 14.3 Å². The second-order valence-corrected chi connectivity index (χ2v) is 13.4. The minimum absolute atomic E-state index is 0.0556. The van der Waals surface area contributed by atoms with Crippen molar-refractivity contribution in [3.8, 4) is 39.5 Å². The van der Waals surface area contributed by atoms with Crippen LogP contribution in [-0.4, -0.2) is 63.4 Å². The summed E-state index contributed by atoms with van der Waals surface area (Å²) < 4.78 is 7.13. The maximum atomic E-state index is 13.2. The number of hydrogen-bond donors (Lipinski definition) is 4. The molecule has 262 valence electrons. The third-order valence-corrected chi connectivity index (χ3v) is 10.0.